The Bertz CT molecular complexity index is 519. The van der Waals surface area contributed by atoms with Gasteiger partial charge in [0.1, 0.15) is 0 Å². The van der Waals surface area contributed by atoms with Crippen LogP contribution in [0.5, 0.6) is 0 Å². The minimum atomic E-state index is -0.366. The summed E-state index contributed by atoms with van der Waals surface area (Å²) in [5.41, 5.74) is 6.56. The van der Waals surface area contributed by atoms with Crippen LogP contribution in [0.1, 0.15) is 107 Å². The Morgan fingerprint density at radius 3 is 1.81 bits per heavy atom. The Kier molecular flexibility index (Phi) is 13.9. The van der Waals surface area contributed by atoms with Crippen molar-refractivity contribution in [1.82, 2.24) is 0 Å². The molecule has 2 N–H and O–H groups in total. The molecule has 0 saturated heterocycles. The van der Waals surface area contributed by atoms with Crippen LogP contribution in [-0.2, 0) is 4.74 Å². The van der Waals surface area contributed by atoms with E-state index in [-0.39, 0.29) is 5.97 Å². The molecule has 0 amide bonds. The zero-order chi connectivity index (χ0) is 19.7. The van der Waals surface area contributed by atoms with Crippen LogP contribution in [-0.4, -0.2) is 12.6 Å². The fourth-order valence-corrected chi connectivity index (χ4v) is 3.50. The average molecular weight is 396 g/mol. The van der Waals surface area contributed by atoms with Gasteiger partial charge in [0.25, 0.3) is 0 Å². The highest BCUT2D eigenvalue weighted by Crippen LogP contribution is 2.20. The summed E-state index contributed by atoms with van der Waals surface area (Å²) in [7, 11) is 0. The first-order valence-corrected chi connectivity index (χ1v) is 11.2. The number of benzene rings is 1. The van der Waals surface area contributed by atoms with E-state index in [1.54, 1.807) is 18.2 Å². The van der Waals surface area contributed by atoms with E-state index in [9.17, 15) is 4.79 Å². The van der Waals surface area contributed by atoms with Crippen molar-refractivity contribution in [3.8, 4) is 0 Å². The van der Waals surface area contributed by atoms with Crippen molar-refractivity contribution in [2.45, 2.75) is 96.8 Å². The van der Waals surface area contributed by atoms with Crippen molar-refractivity contribution in [2.24, 2.45) is 0 Å². The van der Waals surface area contributed by atoms with E-state index >= 15 is 0 Å². The number of halogens is 1. The minimum absolute atomic E-state index is 0.348. The van der Waals surface area contributed by atoms with Gasteiger partial charge >= 0.3 is 5.97 Å². The first kappa shape index (κ1) is 23.8. The number of nitrogen functional groups attached to an aromatic ring is 1. The van der Waals surface area contributed by atoms with Gasteiger partial charge in [0.05, 0.1) is 17.2 Å². The summed E-state index contributed by atoms with van der Waals surface area (Å²) in [6.45, 7) is 2.72. The van der Waals surface area contributed by atoms with Crippen molar-refractivity contribution in [1.29, 1.82) is 0 Å². The van der Waals surface area contributed by atoms with Gasteiger partial charge in [0.15, 0.2) is 0 Å². The van der Waals surface area contributed by atoms with E-state index < -0.39 is 0 Å². The van der Waals surface area contributed by atoms with Gasteiger partial charge < -0.3 is 10.5 Å². The maximum Gasteiger partial charge on any atom is 0.339 e. The predicted octanol–water partition coefficient (Wildman–Crippen LogP) is 7.56. The molecule has 0 heterocycles. The van der Waals surface area contributed by atoms with E-state index in [0.717, 1.165) is 12.8 Å². The normalized spacial score (nSPS) is 10.9. The lowest BCUT2D eigenvalue weighted by Gasteiger charge is -2.07. The minimum Gasteiger partial charge on any atom is -0.462 e. The number of nitrogens with two attached hydrogens (primary N) is 1. The molecule has 154 valence electrons. The summed E-state index contributed by atoms with van der Waals surface area (Å²) < 4.78 is 5.29. The lowest BCUT2D eigenvalue weighted by atomic mass is 10.0. The molecule has 1 aromatic rings. The van der Waals surface area contributed by atoms with Gasteiger partial charge in [0, 0.05) is 5.69 Å². The van der Waals surface area contributed by atoms with Crippen molar-refractivity contribution < 1.29 is 9.53 Å². The summed E-state index contributed by atoms with van der Waals surface area (Å²) in [5.74, 6) is -0.366. The van der Waals surface area contributed by atoms with Gasteiger partial charge in [-0.2, -0.15) is 0 Å². The van der Waals surface area contributed by atoms with Gasteiger partial charge in [-0.3, -0.25) is 0 Å². The van der Waals surface area contributed by atoms with Crippen LogP contribution in [0.15, 0.2) is 18.2 Å². The second kappa shape index (κ2) is 15.8. The molecule has 0 aliphatic heterocycles. The van der Waals surface area contributed by atoms with Gasteiger partial charge in [-0.25, -0.2) is 4.79 Å². The van der Waals surface area contributed by atoms with Crippen molar-refractivity contribution in [2.75, 3.05) is 12.3 Å². The Morgan fingerprint density at radius 1 is 0.852 bits per heavy atom. The van der Waals surface area contributed by atoms with Crippen LogP contribution in [0.4, 0.5) is 5.69 Å². The van der Waals surface area contributed by atoms with Crippen molar-refractivity contribution in [3.05, 3.63) is 28.8 Å². The Hall–Kier alpha value is -1.22. The summed E-state index contributed by atoms with van der Waals surface area (Å²) in [5, 5.41) is 0.348. The third kappa shape index (κ3) is 12.0. The van der Waals surface area contributed by atoms with Crippen LogP contribution in [0, 0.1) is 0 Å². The van der Waals surface area contributed by atoms with Crippen molar-refractivity contribution >= 4 is 23.3 Å². The SMILES string of the molecule is CCCCCCCCCCCCCCCCOC(=O)c1ccc(N)cc1Cl. The molecule has 0 aliphatic carbocycles. The number of rotatable bonds is 16. The highest BCUT2D eigenvalue weighted by atomic mass is 35.5. The van der Waals surface area contributed by atoms with E-state index in [1.807, 2.05) is 0 Å². The average Bonchev–Trinajstić information content (AvgIpc) is 2.64. The molecule has 3 nitrogen and oxygen atoms in total. The second-order valence-corrected chi connectivity index (χ2v) is 7.88. The molecule has 0 aliphatic rings. The van der Waals surface area contributed by atoms with E-state index in [4.69, 9.17) is 22.1 Å². The second-order valence-electron chi connectivity index (χ2n) is 7.47. The monoisotopic (exact) mass is 395 g/mol. The van der Waals surface area contributed by atoms with E-state index in [2.05, 4.69) is 6.92 Å². The van der Waals surface area contributed by atoms with E-state index in [1.165, 1.54) is 77.0 Å². The van der Waals surface area contributed by atoms with Crippen LogP contribution in [0.3, 0.4) is 0 Å². The number of anilines is 1. The lowest BCUT2D eigenvalue weighted by Crippen LogP contribution is -2.07. The fourth-order valence-electron chi connectivity index (χ4n) is 3.24. The van der Waals surface area contributed by atoms with Crippen LogP contribution in [0.25, 0.3) is 0 Å². The van der Waals surface area contributed by atoms with E-state index in [0.29, 0.717) is 22.9 Å². The fraction of sp³-hybridized carbons (Fsp3) is 0.696. The molecule has 0 fully saturated rings. The number of esters is 1. The Morgan fingerprint density at radius 2 is 1.33 bits per heavy atom. The largest absolute Gasteiger partial charge is 0.462 e. The van der Waals surface area contributed by atoms with Crippen LogP contribution < -0.4 is 5.73 Å². The number of unbranched alkanes of at least 4 members (excludes halogenated alkanes) is 13. The predicted molar refractivity (Wildman–Crippen MR) is 116 cm³/mol. The molecule has 0 bridgehead atoms. The number of ether oxygens (including phenoxy) is 1. The molecular formula is C23H38ClNO2. The highest BCUT2D eigenvalue weighted by molar-refractivity contribution is 6.33. The molecule has 0 spiro atoms. The molecule has 0 unspecified atom stereocenters. The zero-order valence-electron chi connectivity index (χ0n) is 17.1. The third-order valence-corrected chi connectivity index (χ3v) is 5.26. The first-order chi connectivity index (χ1) is 13.1. The summed E-state index contributed by atoms with van der Waals surface area (Å²) >= 11 is 6.01. The molecular weight excluding hydrogens is 358 g/mol. The smallest absolute Gasteiger partial charge is 0.339 e. The lowest BCUT2D eigenvalue weighted by molar-refractivity contribution is 0.0498. The van der Waals surface area contributed by atoms with Gasteiger partial charge in [-0.15, -0.1) is 0 Å². The maximum atomic E-state index is 12.0. The molecule has 4 heteroatoms. The topological polar surface area (TPSA) is 52.3 Å². The van der Waals surface area contributed by atoms with Gasteiger partial charge in [-0.05, 0) is 24.6 Å². The molecule has 0 aromatic heterocycles. The maximum absolute atomic E-state index is 12.0. The molecule has 0 saturated carbocycles. The molecule has 1 rings (SSSR count). The zero-order valence-corrected chi connectivity index (χ0v) is 17.9. The summed E-state index contributed by atoms with van der Waals surface area (Å²) in [6.07, 6.45) is 18.4. The molecule has 0 atom stereocenters. The first-order valence-electron chi connectivity index (χ1n) is 10.9. The van der Waals surface area contributed by atoms with Gasteiger partial charge in [0.2, 0.25) is 0 Å². The Balaban J connectivity index is 1.88. The number of hydrogen-bond acceptors (Lipinski definition) is 3. The number of hydrogen-bond donors (Lipinski definition) is 1. The molecule has 0 radical (unpaired) electrons. The number of carbonyl (C=O) groups excluding carboxylic acids is 1. The number of carbonyl (C=O) groups is 1. The third-order valence-electron chi connectivity index (χ3n) is 4.94. The standard InChI is InChI=1S/C23H38ClNO2/c1-2-3-4-5-6-7-8-9-10-11-12-13-14-15-18-27-23(26)21-17-16-20(25)19-22(21)24/h16-17,19H,2-15,18,25H2,1H3. The highest BCUT2D eigenvalue weighted by Gasteiger charge is 2.11. The summed E-state index contributed by atoms with van der Waals surface area (Å²) in [6, 6.07) is 4.85. The Labute approximate surface area is 171 Å². The van der Waals surface area contributed by atoms with Crippen molar-refractivity contribution in [3.63, 3.8) is 0 Å². The van der Waals surface area contributed by atoms with Gasteiger partial charge in [-0.1, -0.05) is 102 Å². The van der Waals surface area contributed by atoms with Crippen LogP contribution in [0.2, 0.25) is 5.02 Å². The molecule has 27 heavy (non-hydrogen) atoms. The van der Waals surface area contributed by atoms with Crippen LogP contribution >= 0.6 is 11.6 Å². The quantitative estimate of drug-likeness (QED) is 0.178. The molecule has 1 aromatic carbocycles. The summed E-state index contributed by atoms with van der Waals surface area (Å²) in [4.78, 5) is 12.0.